The summed E-state index contributed by atoms with van der Waals surface area (Å²) in [5.74, 6) is -0.945. The maximum atomic E-state index is 10.6. The van der Waals surface area contributed by atoms with E-state index in [1.807, 2.05) is 7.05 Å². The fraction of sp³-hybridized carbons (Fsp3) is 0.600. The average Bonchev–Trinajstić information content (AvgIpc) is 2.72. The molecule has 16 heavy (non-hydrogen) atoms. The number of carboxylic acids is 1. The van der Waals surface area contributed by atoms with Crippen molar-refractivity contribution in [1.82, 2.24) is 14.7 Å². The Morgan fingerprint density at radius 2 is 2.38 bits per heavy atom. The van der Waals surface area contributed by atoms with E-state index in [0.717, 1.165) is 13.1 Å². The normalized spacial score (nSPS) is 10.9. The van der Waals surface area contributed by atoms with Gasteiger partial charge in [-0.1, -0.05) is 0 Å². The van der Waals surface area contributed by atoms with E-state index in [2.05, 4.69) is 10.00 Å². The summed E-state index contributed by atoms with van der Waals surface area (Å²) in [4.78, 5) is 12.7. The minimum Gasteiger partial charge on any atom is -0.478 e. The fourth-order valence-electron chi connectivity index (χ4n) is 1.23. The highest BCUT2D eigenvalue weighted by atomic mass is 16.5. The number of hydrogen-bond acceptors (Lipinski definition) is 4. The number of carboxylic acid groups (broad SMARTS) is 1. The molecule has 0 aliphatic heterocycles. The van der Waals surface area contributed by atoms with Gasteiger partial charge in [0.1, 0.15) is 0 Å². The summed E-state index contributed by atoms with van der Waals surface area (Å²) < 4.78 is 6.59. The Balaban J connectivity index is 2.33. The molecule has 1 heterocycles. The number of carbonyl (C=O) groups is 1. The number of ether oxygens (including phenoxy) is 1. The monoisotopic (exact) mass is 227 g/mol. The molecule has 0 fully saturated rings. The lowest BCUT2D eigenvalue weighted by Crippen LogP contribution is -2.26. The van der Waals surface area contributed by atoms with Crippen molar-refractivity contribution in [3.63, 3.8) is 0 Å². The van der Waals surface area contributed by atoms with E-state index in [0.29, 0.717) is 13.2 Å². The summed E-state index contributed by atoms with van der Waals surface area (Å²) in [5, 5.41) is 12.7. The van der Waals surface area contributed by atoms with Gasteiger partial charge in [0.25, 0.3) is 0 Å². The molecule has 0 unspecified atom stereocenters. The van der Waals surface area contributed by atoms with Gasteiger partial charge in [-0.25, -0.2) is 4.79 Å². The van der Waals surface area contributed by atoms with Crippen LogP contribution >= 0.6 is 0 Å². The molecule has 1 aromatic heterocycles. The van der Waals surface area contributed by atoms with Gasteiger partial charge in [0.05, 0.1) is 24.9 Å². The standard InChI is InChI=1S/C10H17N3O3/c1-12(5-6-16-2)3-4-13-8-9(7-11-13)10(14)15/h7-8H,3-6H2,1-2H3,(H,14,15). The van der Waals surface area contributed by atoms with Crippen molar-refractivity contribution in [3.05, 3.63) is 18.0 Å². The third-order valence-electron chi connectivity index (χ3n) is 2.27. The smallest absolute Gasteiger partial charge is 0.338 e. The molecule has 1 rings (SSSR count). The van der Waals surface area contributed by atoms with Gasteiger partial charge in [-0.3, -0.25) is 4.68 Å². The maximum absolute atomic E-state index is 10.6. The Hall–Kier alpha value is -1.40. The lowest BCUT2D eigenvalue weighted by molar-refractivity contribution is 0.0696. The van der Waals surface area contributed by atoms with E-state index >= 15 is 0 Å². The van der Waals surface area contributed by atoms with Crippen molar-refractivity contribution in [1.29, 1.82) is 0 Å². The van der Waals surface area contributed by atoms with Gasteiger partial charge in [-0.05, 0) is 7.05 Å². The van der Waals surface area contributed by atoms with Crippen LogP contribution in [-0.4, -0.2) is 59.6 Å². The molecule has 0 spiro atoms. The Kier molecular flexibility index (Phi) is 4.94. The highest BCUT2D eigenvalue weighted by molar-refractivity contribution is 5.86. The first-order chi connectivity index (χ1) is 7.63. The summed E-state index contributed by atoms with van der Waals surface area (Å²) in [6, 6.07) is 0. The van der Waals surface area contributed by atoms with Crippen molar-refractivity contribution < 1.29 is 14.6 Å². The lowest BCUT2D eigenvalue weighted by Gasteiger charge is -2.15. The highest BCUT2D eigenvalue weighted by Crippen LogP contribution is 1.97. The second-order valence-electron chi connectivity index (χ2n) is 3.59. The summed E-state index contributed by atoms with van der Waals surface area (Å²) in [6.45, 7) is 3.02. The summed E-state index contributed by atoms with van der Waals surface area (Å²) in [6.07, 6.45) is 2.89. The summed E-state index contributed by atoms with van der Waals surface area (Å²) in [7, 11) is 3.65. The molecule has 0 aliphatic carbocycles. The number of rotatable bonds is 7. The molecule has 0 aliphatic rings. The zero-order valence-electron chi connectivity index (χ0n) is 9.59. The van der Waals surface area contributed by atoms with Gasteiger partial charge >= 0.3 is 5.97 Å². The molecular formula is C10H17N3O3. The van der Waals surface area contributed by atoms with Crippen LogP contribution in [0.3, 0.4) is 0 Å². The van der Waals surface area contributed by atoms with Crippen LogP contribution in [0.5, 0.6) is 0 Å². The zero-order valence-corrected chi connectivity index (χ0v) is 9.59. The first-order valence-corrected chi connectivity index (χ1v) is 5.06. The number of methoxy groups -OCH3 is 1. The van der Waals surface area contributed by atoms with Crippen LogP contribution in [0, 0.1) is 0 Å². The van der Waals surface area contributed by atoms with E-state index in [4.69, 9.17) is 9.84 Å². The average molecular weight is 227 g/mol. The molecule has 6 heteroatoms. The van der Waals surface area contributed by atoms with Gasteiger partial charge in [0.2, 0.25) is 0 Å². The molecule has 0 atom stereocenters. The van der Waals surface area contributed by atoms with Crippen LogP contribution in [0.2, 0.25) is 0 Å². The quantitative estimate of drug-likeness (QED) is 0.718. The predicted molar refractivity (Wildman–Crippen MR) is 58.6 cm³/mol. The van der Waals surface area contributed by atoms with Gasteiger partial charge in [-0.15, -0.1) is 0 Å². The largest absolute Gasteiger partial charge is 0.478 e. The van der Waals surface area contributed by atoms with Crippen molar-refractivity contribution in [2.45, 2.75) is 6.54 Å². The summed E-state index contributed by atoms with van der Waals surface area (Å²) >= 11 is 0. The van der Waals surface area contributed by atoms with Gasteiger partial charge in [0, 0.05) is 26.4 Å². The molecule has 0 aromatic carbocycles. The van der Waals surface area contributed by atoms with Crippen LogP contribution < -0.4 is 0 Å². The molecule has 0 saturated heterocycles. The van der Waals surface area contributed by atoms with Crippen LogP contribution in [0.1, 0.15) is 10.4 Å². The molecule has 0 bridgehead atoms. The fourth-order valence-corrected chi connectivity index (χ4v) is 1.23. The Morgan fingerprint density at radius 1 is 1.62 bits per heavy atom. The molecular weight excluding hydrogens is 210 g/mol. The van der Waals surface area contributed by atoms with Gasteiger partial charge in [0.15, 0.2) is 0 Å². The lowest BCUT2D eigenvalue weighted by atomic mass is 10.4. The van der Waals surface area contributed by atoms with E-state index in [9.17, 15) is 4.79 Å². The zero-order chi connectivity index (χ0) is 12.0. The van der Waals surface area contributed by atoms with Crippen LogP contribution in [0.25, 0.3) is 0 Å². The van der Waals surface area contributed by atoms with Crippen molar-refractivity contribution >= 4 is 5.97 Å². The van der Waals surface area contributed by atoms with E-state index in [-0.39, 0.29) is 5.56 Å². The second-order valence-corrected chi connectivity index (χ2v) is 3.59. The SMILES string of the molecule is COCCN(C)CCn1cc(C(=O)O)cn1. The molecule has 1 aromatic rings. The van der Waals surface area contributed by atoms with E-state index < -0.39 is 5.97 Å². The predicted octanol–water partition coefficient (Wildman–Crippen LogP) is 0.159. The number of nitrogens with zero attached hydrogens (tertiary/aromatic N) is 3. The number of likely N-dealkylation sites (N-methyl/N-ethyl adjacent to an activating group) is 1. The minimum absolute atomic E-state index is 0.222. The summed E-state index contributed by atoms with van der Waals surface area (Å²) in [5.41, 5.74) is 0.222. The van der Waals surface area contributed by atoms with Crippen LogP contribution in [0.4, 0.5) is 0 Å². The van der Waals surface area contributed by atoms with Gasteiger partial charge in [-0.2, -0.15) is 5.10 Å². The first-order valence-electron chi connectivity index (χ1n) is 5.06. The number of aromatic nitrogens is 2. The third kappa shape index (κ3) is 4.00. The number of hydrogen-bond donors (Lipinski definition) is 1. The molecule has 90 valence electrons. The molecule has 0 amide bonds. The van der Waals surface area contributed by atoms with E-state index in [1.54, 1.807) is 11.8 Å². The van der Waals surface area contributed by atoms with Crippen LogP contribution in [-0.2, 0) is 11.3 Å². The maximum Gasteiger partial charge on any atom is 0.338 e. The Morgan fingerprint density at radius 3 is 2.94 bits per heavy atom. The van der Waals surface area contributed by atoms with Gasteiger partial charge < -0.3 is 14.7 Å². The van der Waals surface area contributed by atoms with E-state index in [1.165, 1.54) is 12.4 Å². The minimum atomic E-state index is -0.945. The molecule has 0 radical (unpaired) electrons. The third-order valence-corrected chi connectivity index (χ3v) is 2.27. The van der Waals surface area contributed by atoms with Crippen molar-refractivity contribution in [3.8, 4) is 0 Å². The highest BCUT2D eigenvalue weighted by Gasteiger charge is 2.06. The van der Waals surface area contributed by atoms with Crippen molar-refractivity contribution in [2.75, 3.05) is 33.9 Å². The second kappa shape index (κ2) is 6.24. The first kappa shape index (κ1) is 12.7. The molecule has 6 nitrogen and oxygen atoms in total. The number of aromatic carboxylic acids is 1. The van der Waals surface area contributed by atoms with Crippen molar-refractivity contribution in [2.24, 2.45) is 0 Å². The van der Waals surface area contributed by atoms with Crippen LogP contribution in [0.15, 0.2) is 12.4 Å². The molecule has 0 saturated carbocycles. The Bertz CT molecular complexity index is 338. The Labute approximate surface area is 94.4 Å². The topological polar surface area (TPSA) is 67.6 Å². The molecule has 1 N–H and O–H groups in total.